The van der Waals surface area contributed by atoms with E-state index >= 15 is 0 Å². The molecule has 2 aromatic heterocycles. The molecule has 1 atom stereocenters. The normalized spacial score (nSPS) is 16.1. The summed E-state index contributed by atoms with van der Waals surface area (Å²) in [6.45, 7) is 2.84. The van der Waals surface area contributed by atoms with Gasteiger partial charge in [-0.2, -0.15) is 4.98 Å². The van der Waals surface area contributed by atoms with Gasteiger partial charge in [0.25, 0.3) is 0 Å². The Hall–Kier alpha value is -3.30. The quantitative estimate of drug-likeness (QED) is 0.366. The van der Waals surface area contributed by atoms with Gasteiger partial charge in [0.1, 0.15) is 17.1 Å². The van der Waals surface area contributed by atoms with E-state index in [9.17, 15) is 13.9 Å². The maximum Gasteiger partial charge on any atom is 0.225 e. The SMILES string of the molecule is Oc1ccc(-c2nc3cnc(NCc4ccc(F)c(F)c4)nc3n2C[C@@H]2CCCNC2)c(Cl)c1. The molecule has 176 valence electrons. The lowest BCUT2D eigenvalue weighted by molar-refractivity contribution is 0.341. The standard InChI is InChI=1S/C24H23ClF2N6O/c25-18-9-16(34)4-5-17(18)22-31-21-12-30-24(29-11-14-3-6-19(26)20(27)8-14)32-23(21)33(22)13-15-2-1-7-28-10-15/h3-6,8-9,12,15,28,34H,1-2,7,10-11,13H2,(H,29,30,32)/t15-/m1/s1. The van der Waals surface area contributed by atoms with Crippen LogP contribution in [-0.2, 0) is 13.1 Å². The molecule has 3 heterocycles. The van der Waals surface area contributed by atoms with Crippen LogP contribution in [-0.4, -0.2) is 37.7 Å². The Morgan fingerprint density at radius 3 is 2.79 bits per heavy atom. The number of hydrogen-bond acceptors (Lipinski definition) is 6. The molecule has 0 unspecified atom stereocenters. The largest absolute Gasteiger partial charge is 0.508 e. The summed E-state index contributed by atoms with van der Waals surface area (Å²) in [7, 11) is 0. The summed E-state index contributed by atoms with van der Waals surface area (Å²) in [5.41, 5.74) is 2.52. The molecule has 4 aromatic rings. The first-order valence-corrected chi connectivity index (χ1v) is 11.5. The zero-order valence-corrected chi connectivity index (χ0v) is 19.0. The number of aromatic nitrogens is 4. The molecule has 2 aromatic carbocycles. The third-order valence-corrected chi connectivity index (χ3v) is 6.27. The van der Waals surface area contributed by atoms with E-state index in [1.165, 1.54) is 12.1 Å². The van der Waals surface area contributed by atoms with E-state index in [1.807, 2.05) is 4.57 Å². The van der Waals surface area contributed by atoms with Crippen LogP contribution in [0.2, 0.25) is 5.02 Å². The number of hydrogen-bond donors (Lipinski definition) is 3. The Labute approximate surface area is 199 Å². The van der Waals surface area contributed by atoms with Gasteiger partial charge in [-0.3, -0.25) is 0 Å². The molecule has 0 saturated carbocycles. The molecule has 0 spiro atoms. The van der Waals surface area contributed by atoms with Gasteiger partial charge in [-0.05, 0) is 67.7 Å². The highest BCUT2D eigenvalue weighted by Gasteiger charge is 2.21. The highest BCUT2D eigenvalue weighted by atomic mass is 35.5. The fourth-order valence-electron chi connectivity index (χ4n) is 4.24. The van der Waals surface area contributed by atoms with Gasteiger partial charge >= 0.3 is 0 Å². The highest BCUT2D eigenvalue weighted by Crippen LogP contribution is 2.33. The minimum absolute atomic E-state index is 0.0800. The Morgan fingerprint density at radius 2 is 2.03 bits per heavy atom. The first-order valence-electron chi connectivity index (χ1n) is 11.1. The van der Waals surface area contributed by atoms with Gasteiger partial charge in [0.15, 0.2) is 17.3 Å². The van der Waals surface area contributed by atoms with Crippen molar-refractivity contribution in [1.82, 2.24) is 24.8 Å². The van der Waals surface area contributed by atoms with Crippen molar-refractivity contribution >= 4 is 28.7 Å². The predicted octanol–water partition coefficient (Wildman–Crippen LogP) is 4.74. The summed E-state index contributed by atoms with van der Waals surface area (Å²) in [6.07, 6.45) is 3.81. The van der Waals surface area contributed by atoms with E-state index < -0.39 is 11.6 Å². The van der Waals surface area contributed by atoms with Crippen LogP contribution in [0.5, 0.6) is 5.75 Å². The molecule has 1 saturated heterocycles. The summed E-state index contributed by atoms with van der Waals surface area (Å²) in [5.74, 6) is -0.305. The second kappa shape index (κ2) is 9.52. The predicted molar refractivity (Wildman–Crippen MR) is 127 cm³/mol. The number of phenolic OH excluding ortho intramolecular Hbond substituents is 1. The van der Waals surface area contributed by atoms with Gasteiger partial charge in [-0.25, -0.2) is 18.7 Å². The van der Waals surface area contributed by atoms with Gasteiger partial charge in [0, 0.05) is 18.7 Å². The second-order valence-electron chi connectivity index (χ2n) is 8.43. The van der Waals surface area contributed by atoms with Crippen molar-refractivity contribution < 1.29 is 13.9 Å². The van der Waals surface area contributed by atoms with Gasteiger partial charge in [0.2, 0.25) is 5.95 Å². The Bertz CT molecular complexity index is 1340. The van der Waals surface area contributed by atoms with Crippen molar-refractivity contribution in [2.45, 2.75) is 25.9 Å². The summed E-state index contributed by atoms with van der Waals surface area (Å²) in [6, 6.07) is 8.56. The Balaban J connectivity index is 1.51. The van der Waals surface area contributed by atoms with E-state index in [2.05, 4.69) is 20.6 Å². The molecule has 7 nitrogen and oxygen atoms in total. The van der Waals surface area contributed by atoms with Gasteiger partial charge in [-0.15, -0.1) is 0 Å². The number of halogens is 3. The zero-order chi connectivity index (χ0) is 23.7. The van der Waals surface area contributed by atoms with Crippen LogP contribution in [0.25, 0.3) is 22.6 Å². The van der Waals surface area contributed by atoms with Crippen molar-refractivity contribution in [2.24, 2.45) is 5.92 Å². The number of rotatable bonds is 6. The average Bonchev–Trinajstić information content (AvgIpc) is 3.18. The number of benzene rings is 2. The number of nitrogens with zero attached hydrogens (tertiary/aromatic N) is 4. The van der Waals surface area contributed by atoms with Crippen LogP contribution in [0.15, 0.2) is 42.6 Å². The van der Waals surface area contributed by atoms with Crippen molar-refractivity contribution in [1.29, 1.82) is 0 Å². The molecule has 5 rings (SSSR count). The first-order chi connectivity index (χ1) is 16.5. The zero-order valence-electron chi connectivity index (χ0n) is 18.2. The fourth-order valence-corrected chi connectivity index (χ4v) is 4.50. The van der Waals surface area contributed by atoms with Crippen molar-refractivity contribution in [3.63, 3.8) is 0 Å². The molecular weight excluding hydrogens is 462 g/mol. The van der Waals surface area contributed by atoms with Crippen LogP contribution in [0.1, 0.15) is 18.4 Å². The lowest BCUT2D eigenvalue weighted by atomic mass is 9.99. The van der Waals surface area contributed by atoms with Gasteiger partial charge in [0.05, 0.1) is 11.2 Å². The van der Waals surface area contributed by atoms with Crippen molar-refractivity contribution in [3.05, 3.63) is 64.8 Å². The maximum atomic E-state index is 13.5. The number of anilines is 1. The van der Waals surface area contributed by atoms with Gasteiger partial charge in [-0.1, -0.05) is 17.7 Å². The van der Waals surface area contributed by atoms with E-state index in [-0.39, 0.29) is 12.3 Å². The summed E-state index contributed by atoms with van der Waals surface area (Å²) in [5, 5.41) is 16.7. The lowest BCUT2D eigenvalue weighted by Gasteiger charge is -2.24. The van der Waals surface area contributed by atoms with E-state index in [0.29, 0.717) is 51.5 Å². The maximum absolute atomic E-state index is 13.5. The molecule has 1 aliphatic heterocycles. The third-order valence-electron chi connectivity index (χ3n) is 5.96. The number of imidazole rings is 1. The Morgan fingerprint density at radius 1 is 1.15 bits per heavy atom. The molecule has 0 radical (unpaired) electrons. The van der Waals surface area contributed by atoms with E-state index in [0.717, 1.165) is 38.1 Å². The summed E-state index contributed by atoms with van der Waals surface area (Å²) in [4.78, 5) is 13.8. The third kappa shape index (κ3) is 4.67. The highest BCUT2D eigenvalue weighted by molar-refractivity contribution is 6.33. The molecule has 3 N–H and O–H groups in total. The van der Waals surface area contributed by atoms with Crippen LogP contribution in [0.3, 0.4) is 0 Å². The van der Waals surface area contributed by atoms with Crippen molar-refractivity contribution in [2.75, 3.05) is 18.4 Å². The number of phenols is 1. The number of aromatic hydroxyl groups is 1. The minimum atomic E-state index is -0.898. The van der Waals surface area contributed by atoms with Crippen LogP contribution >= 0.6 is 11.6 Å². The summed E-state index contributed by atoms with van der Waals surface area (Å²) >= 11 is 6.45. The molecule has 1 fully saturated rings. The van der Waals surface area contributed by atoms with Crippen LogP contribution in [0, 0.1) is 17.6 Å². The molecule has 0 amide bonds. The monoisotopic (exact) mass is 484 g/mol. The number of nitrogens with one attached hydrogen (secondary N) is 2. The first kappa shape index (κ1) is 22.5. The topological polar surface area (TPSA) is 87.9 Å². The second-order valence-corrected chi connectivity index (χ2v) is 8.83. The van der Waals surface area contributed by atoms with E-state index in [4.69, 9.17) is 16.6 Å². The number of fused-ring (bicyclic) bond motifs is 1. The molecule has 0 aliphatic carbocycles. The molecular formula is C24H23ClF2N6O. The molecule has 1 aliphatic rings. The van der Waals surface area contributed by atoms with Gasteiger partial charge < -0.3 is 20.3 Å². The lowest BCUT2D eigenvalue weighted by Crippen LogP contribution is -2.32. The van der Waals surface area contributed by atoms with Crippen LogP contribution in [0.4, 0.5) is 14.7 Å². The smallest absolute Gasteiger partial charge is 0.225 e. The van der Waals surface area contributed by atoms with E-state index in [1.54, 1.807) is 18.3 Å². The number of piperidine rings is 1. The average molecular weight is 485 g/mol. The molecule has 10 heteroatoms. The van der Waals surface area contributed by atoms with Crippen LogP contribution < -0.4 is 10.6 Å². The molecule has 0 bridgehead atoms. The van der Waals surface area contributed by atoms with Crippen molar-refractivity contribution in [3.8, 4) is 17.1 Å². The minimum Gasteiger partial charge on any atom is -0.508 e. The Kier molecular flexibility index (Phi) is 6.30. The molecule has 34 heavy (non-hydrogen) atoms. The summed E-state index contributed by atoms with van der Waals surface area (Å²) < 4.78 is 28.8. The fraction of sp³-hybridized carbons (Fsp3) is 0.292.